The highest BCUT2D eigenvalue weighted by Crippen LogP contribution is 2.32. The average Bonchev–Trinajstić information content (AvgIpc) is 2.47. The number of hydrogen-bond donors (Lipinski definition) is 1. The van der Waals surface area contributed by atoms with Gasteiger partial charge in [0.15, 0.2) is 0 Å². The smallest absolute Gasteiger partial charge is 0.311 e. The van der Waals surface area contributed by atoms with Crippen molar-refractivity contribution in [3.63, 3.8) is 0 Å². The van der Waals surface area contributed by atoms with E-state index in [1.54, 1.807) is 6.07 Å². The summed E-state index contributed by atoms with van der Waals surface area (Å²) in [4.78, 5) is 17.1. The summed E-state index contributed by atoms with van der Waals surface area (Å²) in [7, 11) is 0. The molecule has 6 heteroatoms. The number of nitrogen functional groups attached to an aromatic ring is 1. The van der Waals surface area contributed by atoms with Crippen LogP contribution in [0.25, 0.3) is 0 Å². The zero-order valence-electron chi connectivity index (χ0n) is 11.7. The number of anilines is 2. The number of pyridine rings is 1. The molecule has 1 aliphatic rings. The second kappa shape index (κ2) is 5.05. The lowest BCUT2D eigenvalue weighted by Crippen LogP contribution is -2.32. The van der Waals surface area contributed by atoms with Crippen LogP contribution in [0.4, 0.5) is 17.2 Å². The Hall–Kier alpha value is -2.63. The zero-order valence-corrected chi connectivity index (χ0v) is 11.7. The Labute approximate surface area is 122 Å². The number of hydrogen-bond acceptors (Lipinski definition) is 5. The lowest BCUT2D eigenvalue weighted by Gasteiger charge is -2.30. The van der Waals surface area contributed by atoms with Crippen molar-refractivity contribution in [3.8, 4) is 0 Å². The summed E-state index contributed by atoms with van der Waals surface area (Å²) in [5, 5.41) is 11.2. The summed E-state index contributed by atoms with van der Waals surface area (Å²) in [6.07, 6.45) is 0.813. The van der Waals surface area contributed by atoms with E-state index in [4.69, 9.17) is 5.73 Å². The summed E-state index contributed by atoms with van der Waals surface area (Å²) in [5.41, 5.74) is 9.82. The molecule has 1 aromatic carbocycles. The second-order valence-corrected chi connectivity index (χ2v) is 5.21. The molecule has 0 bridgehead atoms. The van der Waals surface area contributed by atoms with Crippen LogP contribution < -0.4 is 10.6 Å². The second-order valence-electron chi connectivity index (χ2n) is 5.21. The Kier molecular flexibility index (Phi) is 3.21. The number of benzene rings is 1. The molecule has 0 unspecified atom stereocenters. The fourth-order valence-corrected chi connectivity index (χ4v) is 2.70. The predicted octanol–water partition coefficient (Wildman–Crippen LogP) is 2.44. The van der Waals surface area contributed by atoms with Crippen LogP contribution in [0.3, 0.4) is 0 Å². The van der Waals surface area contributed by atoms with Crippen molar-refractivity contribution < 1.29 is 4.92 Å². The quantitative estimate of drug-likeness (QED) is 0.520. The van der Waals surface area contributed by atoms with Crippen LogP contribution in [-0.4, -0.2) is 16.5 Å². The number of nitro groups is 1. The first-order valence-electron chi connectivity index (χ1n) is 6.79. The zero-order chi connectivity index (χ0) is 15.0. The molecule has 0 radical (unpaired) electrons. The number of aryl methyl sites for hydroxylation is 1. The molecule has 3 rings (SSSR count). The van der Waals surface area contributed by atoms with Crippen LogP contribution in [0, 0.1) is 17.0 Å². The molecule has 0 spiro atoms. The van der Waals surface area contributed by atoms with Gasteiger partial charge in [0.05, 0.1) is 4.92 Å². The lowest BCUT2D eigenvalue weighted by molar-refractivity contribution is -0.384. The molecule has 6 nitrogen and oxygen atoms in total. The fourth-order valence-electron chi connectivity index (χ4n) is 2.70. The minimum absolute atomic E-state index is 0.0403. The molecular formula is C15H16N4O2. The highest BCUT2D eigenvalue weighted by Gasteiger charge is 2.25. The Morgan fingerprint density at radius 3 is 2.90 bits per heavy atom. The molecule has 0 amide bonds. The van der Waals surface area contributed by atoms with Crippen molar-refractivity contribution in [3.05, 3.63) is 57.3 Å². The summed E-state index contributed by atoms with van der Waals surface area (Å²) in [5.74, 6) is 0.425. The van der Waals surface area contributed by atoms with Crippen molar-refractivity contribution in [1.82, 2.24) is 4.98 Å². The largest absolute Gasteiger partial charge is 0.398 e. The van der Waals surface area contributed by atoms with E-state index in [9.17, 15) is 10.1 Å². The van der Waals surface area contributed by atoms with E-state index >= 15 is 0 Å². The number of rotatable bonds is 2. The molecule has 0 saturated heterocycles. The summed E-state index contributed by atoms with van der Waals surface area (Å²) < 4.78 is 0. The Morgan fingerprint density at radius 2 is 2.14 bits per heavy atom. The highest BCUT2D eigenvalue weighted by atomic mass is 16.6. The third kappa shape index (κ3) is 2.40. The monoisotopic (exact) mass is 284 g/mol. The van der Waals surface area contributed by atoms with E-state index in [2.05, 4.69) is 11.1 Å². The number of nitrogens with zero attached hydrogens (tertiary/aromatic N) is 3. The summed E-state index contributed by atoms with van der Waals surface area (Å²) in [6.45, 7) is 3.09. The summed E-state index contributed by atoms with van der Waals surface area (Å²) >= 11 is 0. The molecular weight excluding hydrogens is 268 g/mol. The van der Waals surface area contributed by atoms with Crippen LogP contribution in [0.1, 0.15) is 16.8 Å². The molecule has 21 heavy (non-hydrogen) atoms. The van der Waals surface area contributed by atoms with E-state index < -0.39 is 0 Å². The van der Waals surface area contributed by atoms with Gasteiger partial charge in [-0.15, -0.1) is 0 Å². The molecule has 0 saturated carbocycles. The van der Waals surface area contributed by atoms with Crippen LogP contribution >= 0.6 is 0 Å². The van der Waals surface area contributed by atoms with Gasteiger partial charge in [-0.3, -0.25) is 10.1 Å². The van der Waals surface area contributed by atoms with E-state index in [1.165, 1.54) is 11.6 Å². The summed E-state index contributed by atoms with van der Waals surface area (Å²) in [6, 6.07) is 9.04. The average molecular weight is 284 g/mol. The molecule has 0 atom stereocenters. The molecule has 108 valence electrons. The van der Waals surface area contributed by atoms with Gasteiger partial charge in [0, 0.05) is 30.5 Å². The predicted molar refractivity (Wildman–Crippen MR) is 81.2 cm³/mol. The number of fused-ring (bicyclic) bond motifs is 1. The van der Waals surface area contributed by atoms with Crippen LogP contribution in [0.2, 0.25) is 0 Å². The van der Waals surface area contributed by atoms with Crippen molar-refractivity contribution in [1.29, 1.82) is 0 Å². The maximum Gasteiger partial charge on any atom is 0.311 e. The molecule has 2 heterocycles. The first-order valence-corrected chi connectivity index (χ1v) is 6.79. The van der Waals surface area contributed by atoms with Gasteiger partial charge in [-0.2, -0.15) is 0 Å². The minimum Gasteiger partial charge on any atom is -0.398 e. The van der Waals surface area contributed by atoms with Gasteiger partial charge < -0.3 is 10.6 Å². The lowest BCUT2D eigenvalue weighted by atomic mass is 9.98. The van der Waals surface area contributed by atoms with Gasteiger partial charge in [-0.1, -0.05) is 12.1 Å². The van der Waals surface area contributed by atoms with E-state index in [0.29, 0.717) is 18.9 Å². The third-order valence-corrected chi connectivity index (χ3v) is 3.80. The molecule has 1 aliphatic heterocycles. The van der Waals surface area contributed by atoms with Gasteiger partial charge in [0.25, 0.3) is 0 Å². The third-order valence-electron chi connectivity index (χ3n) is 3.80. The number of nitrogens with two attached hydrogens (primary N) is 1. The standard InChI is InChI=1S/C15H16N4O2/c1-10-5-6-14(19(20)21)15(17-10)18-8-7-11-3-2-4-13(16)12(11)9-18/h2-6H,7-9,16H2,1H3. The first-order chi connectivity index (χ1) is 10.1. The van der Waals surface area contributed by atoms with Crippen molar-refractivity contribution in [2.45, 2.75) is 19.9 Å². The van der Waals surface area contributed by atoms with Crippen molar-refractivity contribution in [2.75, 3.05) is 17.2 Å². The Morgan fingerprint density at radius 1 is 1.33 bits per heavy atom. The van der Waals surface area contributed by atoms with Crippen molar-refractivity contribution >= 4 is 17.2 Å². The van der Waals surface area contributed by atoms with Gasteiger partial charge in [-0.05, 0) is 36.6 Å². The van der Waals surface area contributed by atoms with Gasteiger partial charge >= 0.3 is 5.69 Å². The topological polar surface area (TPSA) is 85.3 Å². The molecule has 2 aromatic rings. The maximum absolute atomic E-state index is 11.2. The van der Waals surface area contributed by atoms with Crippen LogP contribution in [-0.2, 0) is 13.0 Å². The van der Waals surface area contributed by atoms with Gasteiger partial charge in [0.1, 0.15) is 0 Å². The molecule has 0 aliphatic carbocycles. The normalized spacial score (nSPS) is 13.9. The van der Waals surface area contributed by atoms with Crippen LogP contribution in [0.15, 0.2) is 30.3 Å². The van der Waals surface area contributed by atoms with E-state index in [0.717, 1.165) is 23.4 Å². The van der Waals surface area contributed by atoms with Crippen LogP contribution in [0.5, 0.6) is 0 Å². The first kappa shape index (κ1) is 13.4. The van der Waals surface area contributed by atoms with E-state index in [1.807, 2.05) is 24.0 Å². The molecule has 1 aromatic heterocycles. The Balaban J connectivity index is 2.02. The van der Waals surface area contributed by atoms with Gasteiger partial charge in [-0.25, -0.2) is 4.98 Å². The minimum atomic E-state index is -0.383. The maximum atomic E-state index is 11.2. The molecule has 0 fully saturated rings. The SMILES string of the molecule is Cc1ccc([N+](=O)[O-])c(N2CCc3cccc(N)c3C2)n1. The molecule has 2 N–H and O–H groups in total. The highest BCUT2D eigenvalue weighted by molar-refractivity contribution is 5.62. The number of aromatic nitrogens is 1. The van der Waals surface area contributed by atoms with Crippen molar-refractivity contribution in [2.24, 2.45) is 0 Å². The Bertz CT molecular complexity index is 715. The van der Waals surface area contributed by atoms with E-state index in [-0.39, 0.29) is 10.6 Å². The van der Waals surface area contributed by atoms with Gasteiger partial charge in [0.2, 0.25) is 5.82 Å². The fraction of sp³-hybridized carbons (Fsp3) is 0.267.